The Kier molecular flexibility index (Phi) is 4.66. The molecule has 2 N–H and O–H groups in total. The largest absolute Gasteiger partial charge is 0.355 e. The van der Waals surface area contributed by atoms with Gasteiger partial charge in [-0.05, 0) is 28.0 Å². The fraction of sp³-hybridized carbons (Fsp3) is 0.136. The number of carbonyl (C=O) groups excluding carboxylic acids is 2. The maximum absolute atomic E-state index is 12.6. The van der Waals surface area contributed by atoms with E-state index in [9.17, 15) is 9.59 Å². The predicted molar refractivity (Wildman–Crippen MR) is 105 cm³/mol. The van der Waals surface area contributed by atoms with E-state index in [1.807, 2.05) is 72.8 Å². The first-order chi connectivity index (χ1) is 13.2. The van der Waals surface area contributed by atoms with Gasteiger partial charge in [-0.25, -0.2) is 5.43 Å². The molecule has 5 heteroatoms. The number of nitrogens with zero attached hydrogens (tertiary/aromatic N) is 1. The molecule has 4 rings (SSSR count). The summed E-state index contributed by atoms with van der Waals surface area (Å²) in [6, 6.07) is 23.6. The van der Waals surface area contributed by atoms with E-state index in [-0.39, 0.29) is 11.8 Å². The molecule has 0 unspecified atom stereocenters. The highest BCUT2D eigenvalue weighted by molar-refractivity contribution is 6.03. The van der Waals surface area contributed by atoms with Crippen molar-refractivity contribution < 1.29 is 9.59 Å². The first-order valence-electron chi connectivity index (χ1n) is 8.87. The monoisotopic (exact) mass is 357 g/mol. The van der Waals surface area contributed by atoms with Crippen LogP contribution < -0.4 is 10.7 Å². The highest BCUT2D eigenvalue weighted by Crippen LogP contribution is 2.29. The summed E-state index contributed by atoms with van der Waals surface area (Å²) in [6.45, 7) is 0.454. The predicted octanol–water partition coefficient (Wildman–Crippen LogP) is 2.82. The van der Waals surface area contributed by atoms with E-state index in [0.29, 0.717) is 6.54 Å². The molecule has 1 aliphatic heterocycles. The highest BCUT2D eigenvalue weighted by Gasteiger charge is 2.40. The first kappa shape index (κ1) is 17.0. The number of fused-ring (bicyclic) bond motifs is 1. The Morgan fingerprint density at radius 3 is 2.56 bits per heavy atom. The van der Waals surface area contributed by atoms with Crippen molar-refractivity contribution in [2.45, 2.75) is 5.92 Å². The van der Waals surface area contributed by atoms with Crippen LogP contribution in [0.1, 0.15) is 17.0 Å². The van der Waals surface area contributed by atoms with E-state index in [2.05, 4.69) is 15.8 Å². The van der Waals surface area contributed by atoms with Gasteiger partial charge < -0.3 is 5.32 Å². The highest BCUT2D eigenvalue weighted by atomic mass is 16.2. The summed E-state index contributed by atoms with van der Waals surface area (Å²) in [6.07, 6.45) is 1.59. The molecule has 2 atom stereocenters. The lowest BCUT2D eigenvalue weighted by atomic mass is 9.88. The van der Waals surface area contributed by atoms with Gasteiger partial charge in [0.25, 0.3) is 5.91 Å². The molecule has 1 heterocycles. The molecule has 0 spiro atoms. The van der Waals surface area contributed by atoms with Crippen molar-refractivity contribution in [3.63, 3.8) is 0 Å². The number of nitrogens with one attached hydrogen (secondary N) is 2. The average molecular weight is 357 g/mol. The summed E-state index contributed by atoms with van der Waals surface area (Å²) in [7, 11) is 0. The van der Waals surface area contributed by atoms with Crippen molar-refractivity contribution in [2.75, 3.05) is 6.54 Å². The van der Waals surface area contributed by atoms with Gasteiger partial charge in [-0.15, -0.1) is 0 Å². The van der Waals surface area contributed by atoms with Crippen LogP contribution in [0.15, 0.2) is 77.9 Å². The van der Waals surface area contributed by atoms with E-state index >= 15 is 0 Å². The van der Waals surface area contributed by atoms with E-state index in [4.69, 9.17) is 0 Å². The van der Waals surface area contributed by atoms with Gasteiger partial charge in [-0.2, -0.15) is 5.10 Å². The van der Waals surface area contributed by atoms with E-state index in [1.165, 1.54) is 0 Å². The molecule has 0 radical (unpaired) electrons. The number of hydrogen-bond acceptors (Lipinski definition) is 3. The number of hydrazone groups is 1. The maximum Gasteiger partial charge on any atom is 0.253 e. The fourth-order valence-electron chi connectivity index (χ4n) is 3.46. The van der Waals surface area contributed by atoms with Crippen LogP contribution in [0.25, 0.3) is 10.8 Å². The van der Waals surface area contributed by atoms with Crippen LogP contribution in [0.2, 0.25) is 0 Å². The number of carbonyl (C=O) groups is 2. The molecule has 3 aromatic carbocycles. The van der Waals surface area contributed by atoms with Crippen molar-refractivity contribution in [2.24, 2.45) is 11.0 Å². The molecule has 1 saturated heterocycles. The molecule has 1 fully saturated rings. The molecule has 1 aliphatic rings. The van der Waals surface area contributed by atoms with Crippen molar-refractivity contribution >= 4 is 28.8 Å². The second-order valence-corrected chi connectivity index (χ2v) is 6.58. The van der Waals surface area contributed by atoms with Crippen LogP contribution in [-0.4, -0.2) is 24.6 Å². The minimum absolute atomic E-state index is 0.186. The maximum atomic E-state index is 12.6. The Bertz CT molecular complexity index is 1010. The molecule has 2 amide bonds. The SMILES string of the molecule is O=C1NC[C@@H](c2ccccc2)[C@H]1C(=O)N/N=C\c1ccc2ccccc2c1. The topological polar surface area (TPSA) is 70.6 Å². The Hall–Kier alpha value is -3.47. The fourth-order valence-corrected chi connectivity index (χ4v) is 3.46. The van der Waals surface area contributed by atoms with Gasteiger partial charge in [0.15, 0.2) is 0 Å². The van der Waals surface area contributed by atoms with Crippen LogP contribution in [0.3, 0.4) is 0 Å². The smallest absolute Gasteiger partial charge is 0.253 e. The Morgan fingerprint density at radius 2 is 1.74 bits per heavy atom. The minimum Gasteiger partial charge on any atom is -0.355 e. The summed E-state index contributed by atoms with van der Waals surface area (Å²) in [5.74, 6) is -1.62. The number of benzene rings is 3. The first-order valence-corrected chi connectivity index (χ1v) is 8.87. The van der Waals surface area contributed by atoms with Crippen LogP contribution in [0.4, 0.5) is 0 Å². The van der Waals surface area contributed by atoms with Gasteiger partial charge in [-0.1, -0.05) is 66.7 Å². The quantitative estimate of drug-likeness (QED) is 0.428. The molecule has 27 heavy (non-hydrogen) atoms. The number of hydrogen-bond donors (Lipinski definition) is 2. The molecule has 0 saturated carbocycles. The zero-order chi connectivity index (χ0) is 18.6. The van der Waals surface area contributed by atoms with E-state index in [0.717, 1.165) is 21.9 Å². The third-order valence-corrected chi connectivity index (χ3v) is 4.85. The van der Waals surface area contributed by atoms with Gasteiger partial charge in [-0.3, -0.25) is 9.59 Å². The summed E-state index contributed by atoms with van der Waals surface area (Å²) in [5.41, 5.74) is 4.37. The molecule has 0 aliphatic carbocycles. The van der Waals surface area contributed by atoms with E-state index in [1.54, 1.807) is 6.21 Å². The number of amides is 2. The second kappa shape index (κ2) is 7.41. The molecule has 0 aromatic heterocycles. The van der Waals surface area contributed by atoms with Crippen molar-refractivity contribution in [1.82, 2.24) is 10.7 Å². The van der Waals surface area contributed by atoms with Gasteiger partial charge in [0.2, 0.25) is 5.91 Å². The van der Waals surface area contributed by atoms with Crippen LogP contribution in [-0.2, 0) is 9.59 Å². The summed E-state index contributed by atoms with van der Waals surface area (Å²) < 4.78 is 0. The third-order valence-electron chi connectivity index (χ3n) is 4.85. The van der Waals surface area contributed by atoms with Gasteiger partial charge >= 0.3 is 0 Å². The Balaban J connectivity index is 1.47. The van der Waals surface area contributed by atoms with Crippen LogP contribution >= 0.6 is 0 Å². The minimum atomic E-state index is -0.777. The standard InChI is InChI=1S/C22H19N3O2/c26-21-20(19(14-23-21)17-7-2-1-3-8-17)22(27)25-24-13-15-10-11-16-6-4-5-9-18(16)12-15/h1-13,19-20H,14H2,(H,23,26)(H,25,27)/b24-13-/t19-,20+/m0/s1. The van der Waals surface area contributed by atoms with Crippen molar-refractivity contribution in [1.29, 1.82) is 0 Å². The van der Waals surface area contributed by atoms with Crippen molar-refractivity contribution in [3.8, 4) is 0 Å². The molecular weight excluding hydrogens is 338 g/mol. The van der Waals surface area contributed by atoms with Gasteiger partial charge in [0, 0.05) is 12.5 Å². The summed E-state index contributed by atoms with van der Waals surface area (Å²) in [5, 5.41) is 9.08. The lowest BCUT2D eigenvalue weighted by Gasteiger charge is -2.15. The molecule has 3 aromatic rings. The molecular formula is C22H19N3O2. The lowest BCUT2D eigenvalue weighted by Crippen LogP contribution is -2.34. The zero-order valence-corrected chi connectivity index (χ0v) is 14.6. The normalized spacial score (nSPS) is 19.3. The summed E-state index contributed by atoms with van der Waals surface area (Å²) >= 11 is 0. The van der Waals surface area contributed by atoms with Gasteiger partial charge in [0.05, 0.1) is 6.21 Å². The average Bonchev–Trinajstić information content (AvgIpc) is 3.10. The molecule has 134 valence electrons. The second-order valence-electron chi connectivity index (χ2n) is 6.58. The third kappa shape index (κ3) is 3.58. The lowest BCUT2D eigenvalue weighted by molar-refractivity contribution is -0.133. The van der Waals surface area contributed by atoms with E-state index < -0.39 is 11.8 Å². The Morgan fingerprint density at radius 1 is 1.00 bits per heavy atom. The zero-order valence-electron chi connectivity index (χ0n) is 14.6. The van der Waals surface area contributed by atoms with Crippen LogP contribution in [0, 0.1) is 5.92 Å². The Labute approximate surface area is 157 Å². The van der Waals surface area contributed by atoms with Crippen LogP contribution in [0.5, 0.6) is 0 Å². The molecule has 5 nitrogen and oxygen atoms in total. The summed E-state index contributed by atoms with van der Waals surface area (Å²) in [4.78, 5) is 24.7. The van der Waals surface area contributed by atoms with Crippen molar-refractivity contribution in [3.05, 3.63) is 83.9 Å². The molecule has 0 bridgehead atoms. The van der Waals surface area contributed by atoms with Gasteiger partial charge in [0.1, 0.15) is 5.92 Å². The number of rotatable bonds is 4.